The van der Waals surface area contributed by atoms with Gasteiger partial charge in [0.2, 0.25) is 0 Å². The molecule has 1 aromatic carbocycles. The highest BCUT2D eigenvalue weighted by Gasteiger charge is 2.02. The topological polar surface area (TPSA) is 35.8 Å². The molecule has 0 aromatic heterocycles. The van der Waals surface area contributed by atoms with Gasteiger partial charge in [0.05, 0.1) is 11.6 Å². The molecule has 1 aromatic rings. The van der Waals surface area contributed by atoms with Gasteiger partial charge in [-0.15, -0.1) is 12.3 Å². The minimum absolute atomic E-state index is 0.278. The zero-order chi connectivity index (χ0) is 12.5. The van der Waals surface area contributed by atoms with Crippen LogP contribution in [-0.4, -0.2) is 6.54 Å². The molecule has 0 aliphatic carbocycles. The van der Waals surface area contributed by atoms with Crippen molar-refractivity contribution >= 4 is 0 Å². The molecule has 17 heavy (non-hydrogen) atoms. The number of benzene rings is 1. The maximum absolute atomic E-state index is 13.4. The Morgan fingerprint density at radius 2 is 2.18 bits per heavy atom. The highest BCUT2D eigenvalue weighted by molar-refractivity contribution is 5.33. The second-order valence-corrected chi connectivity index (χ2v) is 3.76. The highest BCUT2D eigenvalue weighted by atomic mass is 19.1. The third-order valence-corrected chi connectivity index (χ3v) is 2.41. The van der Waals surface area contributed by atoms with E-state index in [0.717, 1.165) is 25.8 Å². The third-order valence-electron chi connectivity index (χ3n) is 2.41. The Balaban J connectivity index is 2.37. The van der Waals surface area contributed by atoms with Crippen LogP contribution in [0.2, 0.25) is 0 Å². The molecule has 1 N–H and O–H groups in total. The van der Waals surface area contributed by atoms with Crippen LogP contribution in [0.1, 0.15) is 30.4 Å². The van der Waals surface area contributed by atoms with Gasteiger partial charge in [-0.05, 0) is 37.6 Å². The average molecular weight is 230 g/mol. The van der Waals surface area contributed by atoms with Gasteiger partial charge in [0.15, 0.2) is 0 Å². The second-order valence-electron chi connectivity index (χ2n) is 3.76. The van der Waals surface area contributed by atoms with Crippen LogP contribution in [0.5, 0.6) is 0 Å². The molecule has 3 heteroatoms. The maximum atomic E-state index is 13.4. The largest absolute Gasteiger partial charge is 0.313 e. The van der Waals surface area contributed by atoms with Crippen molar-refractivity contribution in [1.29, 1.82) is 5.26 Å². The second kappa shape index (κ2) is 7.44. The molecule has 2 nitrogen and oxygen atoms in total. The van der Waals surface area contributed by atoms with Gasteiger partial charge < -0.3 is 5.32 Å². The number of terminal acetylenes is 1. The quantitative estimate of drug-likeness (QED) is 0.602. The molecule has 0 saturated carbocycles. The van der Waals surface area contributed by atoms with Crippen molar-refractivity contribution in [2.75, 3.05) is 6.54 Å². The van der Waals surface area contributed by atoms with Gasteiger partial charge in [-0.25, -0.2) is 4.39 Å². The first-order valence-corrected chi connectivity index (χ1v) is 5.60. The normalized spacial score (nSPS) is 9.59. The van der Waals surface area contributed by atoms with Crippen molar-refractivity contribution in [1.82, 2.24) is 5.32 Å². The van der Waals surface area contributed by atoms with Crippen molar-refractivity contribution in [2.24, 2.45) is 0 Å². The van der Waals surface area contributed by atoms with Gasteiger partial charge >= 0.3 is 0 Å². The molecule has 88 valence electrons. The number of hydrogen-bond acceptors (Lipinski definition) is 2. The Morgan fingerprint density at radius 1 is 1.35 bits per heavy atom. The zero-order valence-electron chi connectivity index (χ0n) is 9.67. The van der Waals surface area contributed by atoms with Gasteiger partial charge in [0.1, 0.15) is 5.82 Å². The van der Waals surface area contributed by atoms with Gasteiger partial charge in [-0.2, -0.15) is 5.26 Å². The summed E-state index contributed by atoms with van der Waals surface area (Å²) >= 11 is 0. The average Bonchev–Trinajstić information content (AvgIpc) is 2.35. The minimum atomic E-state index is -0.278. The van der Waals surface area contributed by atoms with Crippen molar-refractivity contribution in [3.63, 3.8) is 0 Å². The van der Waals surface area contributed by atoms with E-state index in [2.05, 4.69) is 11.2 Å². The van der Waals surface area contributed by atoms with Gasteiger partial charge in [0.25, 0.3) is 0 Å². The molecule has 0 amide bonds. The fourth-order valence-electron chi connectivity index (χ4n) is 1.48. The first kappa shape index (κ1) is 13.2. The smallest absolute Gasteiger partial charge is 0.127 e. The standard InChI is InChI=1S/C14H15FN2/c1-2-3-4-5-8-17-11-13-9-12(10-16)6-7-14(13)15/h1,6-7,9,17H,3-5,8,11H2. The molecule has 0 aliphatic rings. The Morgan fingerprint density at radius 3 is 2.88 bits per heavy atom. The number of nitrogens with one attached hydrogen (secondary N) is 1. The van der Waals surface area contributed by atoms with Crippen molar-refractivity contribution in [3.8, 4) is 18.4 Å². The summed E-state index contributed by atoms with van der Waals surface area (Å²) < 4.78 is 13.4. The van der Waals surface area contributed by atoms with Gasteiger partial charge in [-0.3, -0.25) is 0 Å². The molecular weight excluding hydrogens is 215 g/mol. The van der Waals surface area contributed by atoms with E-state index in [1.807, 2.05) is 6.07 Å². The summed E-state index contributed by atoms with van der Waals surface area (Å²) in [6.07, 6.45) is 7.87. The predicted octanol–water partition coefficient (Wildman–Crippen LogP) is 2.59. The van der Waals surface area contributed by atoms with Crippen LogP contribution in [0.4, 0.5) is 4.39 Å². The summed E-state index contributed by atoms with van der Waals surface area (Å²) in [5.41, 5.74) is 1.01. The van der Waals surface area contributed by atoms with E-state index in [-0.39, 0.29) is 5.82 Å². The maximum Gasteiger partial charge on any atom is 0.127 e. The van der Waals surface area contributed by atoms with Crippen molar-refractivity contribution in [3.05, 3.63) is 35.1 Å². The molecule has 0 aliphatic heterocycles. The van der Waals surface area contributed by atoms with E-state index >= 15 is 0 Å². The lowest BCUT2D eigenvalue weighted by Gasteiger charge is -2.05. The fraction of sp³-hybridized carbons (Fsp3) is 0.357. The summed E-state index contributed by atoms with van der Waals surface area (Å²) in [6.45, 7) is 1.25. The van der Waals surface area contributed by atoms with Crippen LogP contribution in [0.15, 0.2) is 18.2 Å². The van der Waals surface area contributed by atoms with Crippen molar-refractivity contribution in [2.45, 2.75) is 25.8 Å². The van der Waals surface area contributed by atoms with E-state index in [1.54, 1.807) is 6.07 Å². The van der Waals surface area contributed by atoms with Gasteiger partial charge in [0, 0.05) is 18.5 Å². The Labute approximate surface area is 101 Å². The summed E-state index contributed by atoms with van der Waals surface area (Å²) in [4.78, 5) is 0. The first-order valence-electron chi connectivity index (χ1n) is 5.60. The lowest BCUT2D eigenvalue weighted by molar-refractivity contribution is 0.577. The van der Waals surface area contributed by atoms with E-state index in [0.29, 0.717) is 17.7 Å². The molecule has 0 bridgehead atoms. The SMILES string of the molecule is C#CCCCCNCc1cc(C#N)ccc1F. The van der Waals surface area contributed by atoms with E-state index in [1.165, 1.54) is 12.1 Å². The predicted molar refractivity (Wildman–Crippen MR) is 65.5 cm³/mol. The lowest BCUT2D eigenvalue weighted by atomic mass is 10.1. The molecule has 1 rings (SSSR count). The summed E-state index contributed by atoms with van der Waals surface area (Å²) in [6, 6.07) is 6.37. The molecule has 0 fully saturated rings. The molecular formula is C14H15FN2. The van der Waals surface area contributed by atoms with Crippen LogP contribution >= 0.6 is 0 Å². The van der Waals surface area contributed by atoms with Crippen LogP contribution < -0.4 is 5.32 Å². The van der Waals surface area contributed by atoms with Crippen LogP contribution in [0.25, 0.3) is 0 Å². The Kier molecular flexibility index (Phi) is 5.79. The monoisotopic (exact) mass is 230 g/mol. The van der Waals surface area contributed by atoms with Crippen LogP contribution in [0.3, 0.4) is 0 Å². The summed E-state index contributed by atoms with van der Waals surface area (Å²) in [5.74, 6) is 2.30. The fourth-order valence-corrected chi connectivity index (χ4v) is 1.48. The molecule has 0 unspecified atom stereocenters. The minimum Gasteiger partial charge on any atom is -0.313 e. The molecule has 0 heterocycles. The van der Waals surface area contributed by atoms with E-state index in [9.17, 15) is 4.39 Å². The summed E-state index contributed by atoms with van der Waals surface area (Å²) in [7, 11) is 0. The van der Waals surface area contributed by atoms with Crippen LogP contribution in [0, 0.1) is 29.5 Å². The summed E-state index contributed by atoms with van der Waals surface area (Å²) in [5, 5.41) is 11.8. The highest BCUT2D eigenvalue weighted by Crippen LogP contribution is 2.09. The number of nitriles is 1. The number of hydrogen-bond donors (Lipinski definition) is 1. The molecule has 0 spiro atoms. The Bertz CT molecular complexity index is 441. The van der Waals surface area contributed by atoms with E-state index in [4.69, 9.17) is 11.7 Å². The number of rotatable bonds is 6. The number of halogens is 1. The van der Waals surface area contributed by atoms with Crippen LogP contribution in [-0.2, 0) is 6.54 Å². The Hall–Kier alpha value is -1.84. The number of nitrogens with zero attached hydrogens (tertiary/aromatic N) is 1. The lowest BCUT2D eigenvalue weighted by Crippen LogP contribution is -2.15. The zero-order valence-corrected chi connectivity index (χ0v) is 9.67. The molecule has 0 radical (unpaired) electrons. The molecule has 0 saturated heterocycles. The van der Waals surface area contributed by atoms with E-state index < -0.39 is 0 Å². The number of unbranched alkanes of at least 4 members (excludes halogenated alkanes) is 2. The van der Waals surface area contributed by atoms with Crippen molar-refractivity contribution < 1.29 is 4.39 Å². The first-order chi connectivity index (χ1) is 8.27. The van der Waals surface area contributed by atoms with Gasteiger partial charge in [-0.1, -0.05) is 0 Å². The molecule has 0 atom stereocenters. The third kappa shape index (κ3) is 4.68.